The molecular formula is C23H22N2O. The molecule has 0 saturated carbocycles. The van der Waals surface area contributed by atoms with Crippen molar-refractivity contribution in [2.75, 3.05) is 16.8 Å². The van der Waals surface area contributed by atoms with E-state index in [2.05, 4.69) is 34.5 Å². The maximum absolute atomic E-state index is 12.9. The van der Waals surface area contributed by atoms with E-state index in [0.717, 1.165) is 42.0 Å². The molecule has 1 heterocycles. The summed E-state index contributed by atoms with van der Waals surface area (Å²) in [5.41, 5.74) is 6.38. The molecule has 1 aliphatic rings. The summed E-state index contributed by atoms with van der Waals surface area (Å²) >= 11 is 0. The highest BCUT2D eigenvalue weighted by Crippen LogP contribution is 2.28. The third kappa shape index (κ3) is 3.21. The molecule has 3 aromatic carbocycles. The Labute approximate surface area is 154 Å². The number of aryl methyl sites for hydroxylation is 1. The maximum atomic E-state index is 12.9. The summed E-state index contributed by atoms with van der Waals surface area (Å²) in [4.78, 5) is 15.2. The van der Waals surface area contributed by atoms with Crippen LogP contribution in [-0.2, 0) is 13.0 Å². The Bertz CT molecular complexity index is 948. The van der Waals surface area contributed by atoms with E-state index in [9.17, 15) is 4.79 Å². The summed E-state index contributed by atoms with van der Waals surface area (Å²) in [6, 6.07) is 24.3. The molecule has 0 spiro atoms. The molecule has 0 fully saturated rings. The van der Waals surface area contributed by atoms with Crippen molar-refractivity contribution in [2.24, 2.45) is 0 Å². The average Bonchev–Trinajstić information content (AvgIpc) is 2.69. The number of rotatable bonds is 3. The molecule has 0 bridgehead atoms. The van der Waals surface area contributed by atoms with Gasteiger partial charge < -0.3 is 10.2 Å². The predicted molar refractivity (Wildman–Crippen MR) is 107 cm³/mol. The zero-order valence-corrected chi connectivity index (χ0v) is 14.9. The number of benzene rings is 3. The van der Waals surface area contributed by atoms with Crippen molar-refractivity contribution in [3.8, 4) is 0 Å². The number of hydrogen-bond donors (Lipinski definition) is 1. The number of nitrogens with one attached hydrogen (secondary N) is 1. The molecule has 3 aromatic rings. The fourth-order valence-corrected chi connectivity index (χ4v) is 3.55. The Morgan fingerprint density at radius 2 is 1.58 bits per heavy atom. The fraction of sp³-hybridized carbons (Fsp3) is 0.174. The van der Waals surface area contributed by atoms with Gasteiger partial charge in [0.05, 0.1) is 5.56 Å². The number of carbonyl (C=O) groups excluding carboxylic acids is 1. The third-order valence-electron chi connectivity index (χ3n) is 5.01. The van der Waals surface area contributed by atoms with Crippen molar-refractivity contribution in [1.82, 2.24) is 0 Å². The Morgan fingerprint density at radius 1 is 0.885 bits per heavy atom. The average molecular weight is 342 g/mol. The molecule has 130 valence electrons. The third-order valence-corrected chi connectivity index (χ3v) is 5.01. The van der Waals surface area contributed by atoms with Gasteiger partial charge in [-0.25, -0.2) is 0 Å². The van der Waals surface area contributed by atoms with Crippen molar-refractivity contribution < 1.29 is 4.79 Å². The van der Waals surface area contributed by atoms with E-state index >= 15 is 0 Å². The van der Waals surface area contributed by atoms with Crippen molar-refractivity contribution in [1.29, 1.82) is 0 Å². The van der Waals surface area contributed by atoms with Crippen LogP contribution in [0.2, 0.25) is 0 Å². The lowest BCUT2D eigenvalue weighted by Gasteiger charge is -2.32. The molecule has 0 saturated heterocycles. The monoisotopic (exact) mass is 342 g/mol. The first-order chi connectivity index (χ1) is 12.7. The van der Waals surface area contributed by atoms with Gasteiger partial charge in [-0.1, -0.05) is 54.6 Å². The number of fused-ring (bicyclic) bond motifs is 1. The summed E-state index contributed by atoms with van der Waals surface area (Å²) in [5, 5.41) is 3.06. The zero-order valence-electron chi connectivity index (χ0n) is 14.9. The van der Waals surface area contributed by atoms with Gasteiger partial charge in [-0.3, -0.25) is 4.79 Å². The van der Waals surface area contributed by atoms with Crippen LogP contribution in [0.25, 0.3) is 0 Å². The number of hydrogen-bond acceptors (Lipinski definition) is 2. The molecule has 0 radical (unpaired) electrons. The van der Waals surface area contributed by atoms with Gasteiger partial charge >= 0.3 is 0 Å². The van der Waals surface area contributed by atoms with Crippen LogP contribution in [0.15, 0.2) is 72.8 Å². The van der Waals surface area contributed by atoms with E-state index in [-0.39, 0.29) is 5.91 Å². The number of nitrogens with zero attached hydrogens (tertiary/aromatic N) is 1. The Kier molecular flexibility index (Phi) is 4.44. The van der Waals surface area contributed by atoms with Crippen LogP contribution in [-0.4, -0.2) is 12.5 Å². The van der Waals surface area contributed by atoms with Crippen LogP contribution in [0.3, 0.4) is 0 Å². The van der Waals surface area contributed by atoms with Gasteiger partial charge in [0.1, 0.15) is 0 Å². The van der Waals surface area contributed by atoms with Gasteiger partial charge in [0.25, 0.3) is 5.91 Å². The van der Waals surface area contributed by atoms with E-state index in [0.29, 0.717) is 0 Å². The Hall–Kier alpha value is -3.07. The van der Waals surface area contributed by atoms with E-state index in [1.165, 1.54) is 11.1 Å². The normalized spacial score (nSPS) is 13.2. The number of amides is 1. The molecular weight excluding hydrogens is 320 g/mol. The van der Waals surface area contributed by atoms with Crippen LogP contribution in [0.5, 0.6) is 0 Å². The van der Waals surface area contributed by atoms with Crippen molar-refractivity contribution in [2.45, 2.75) is 19.9 Å². The summed E-state index contributed by atoms with van der Waals surface area (Å²) < 4.78 is 0. The minimum Gasteiger partial charge on any atom is -0.366 e. The molecule has 1 amide bonds. The second-order valence-electron chi connectivity index (χ2n) is 6.73. The number of anilines is 2. The van der Waals surface area contributed by atoms with Gasteiger partial charge in [-0.15, -0.1) is 0 Å². The summed E-state index contributed by atoms with van der Waals surface area (Å²) in [5.74, 6) is -0.0613. The zero-order chi connectivity index (χ0) is 17.9. The SMILES string of the molecule is Cc1ccccc1NC(=O)c1ccccc1N1CCc2ccccc2C1. The number of carbonyl (C=O) groups is 1. The van der Waals surface area contributed by atoms with Crippen molar-refractivity contribution in [3.05, 3.63) is 95.1 Å². The molecule has 1 aliphatic heterocycles. The lowest BCUT2D eigenvalue weighted by atomic mass is 9.98. The molecule has 26 heavy (non-hydrogen) atoms. The van der Waals surface area contributed by atoms with Crippen LogP contribution < -0.4 is 10.2 Å². The minimum atomic E-state index is -0.0613. The van der Waals surface area contributed by atoms with Crippen LogP contribution >= 0.6 is 0 Å². The van der Waals surface area contributed by atoms with Crippen molar-refractivity contribution in [3.63, 3.8) is 0 Å². The van der Waals surface area contributed by atoms with Gasteiger partial charge in [-0.2, -0.15) is 0 Å². The lowest BCUT2D eigenvalue weighted by Crippen LogP contribution is -2.32. The summed E-state index contributed by atoms with van der Waals surface area (Å²) in [6.45, 7) is 3.76. The van der Waals surface area contributed by atoms with Gasteiger partial charge in [0.15, 0.2) is 0 Å². The van der Waals surface area contributed by atoms with Crippen LogP contribution in [0.1, 0.15) is 27.0 Å². The molecule has 1 N–H and O–H groups in total. The molecule has 3 nitrogen and oxygen atoms in total. The molecule has 4 rings (SSSR count). The van der Waals surface area contributed by atoms with E-state index in [1.807, 2.05) is 55.5 Å². The molecule has 0 unspecified atom stereocenters. The van der Waals surface area contributed by atoms with E-state index in [4.69, 9.17) is 0 Å². The predicted octanol–water partition coefficient (Wildman–Crippen LogP) is 4.81. The van der Waals surface area contributed by atoms with E-state index in [1.54, 1.807) is 0 Å². The minimum absolute atomic E-state index is 0.0613. The van der Waals surface area contributed by atoms with Crippen LogP contribution in [0, 0.1) is 6.92 Å². The lowest BCUT2D eigenvalue weighted by molar-refractivity contribution is 0.102. The maximum Gasteiger partial charge on any atom is 0.257 e. The second-order valence-corrected chi connectivity index (χ2v) is 6.73. The largest absolute Gasteiger partial charge is 0.366 e. The first kappa shape index (κ1) is 16.4. The Balaban J connectivity index is 1.61. The van der Waals surface area contributed by atoms with Gasteiger partial charge in [0.2, 0.25) is 0 Å². The first-order valence-corrected chi connectivity index (χ1v) is 9.00. The second kappa shape index (κ2) is 7.04. The summed E-state index contributed by atoms with van der Waals surface area (Å²) in [6.07, 6.45) is 1.00. The molecule has 0 aromatic heterocycles. The highest BCUT2D eigenvalue weighted by Gasteiger charge is 2.21. The standard InChI is InChI=1S/C23H22N2O/c1-17-8-2-6-12-21(17)24-23(26)20-11-5-7-13-22(20)25-15-14-18-9-3-4-10-19(18)16-25/h2-13H,14-16H2,1H3,(H,24,26). The quantitative estimate of drug-likeness (QED) is 0.741. The van der Waals surface area contributed by atoms with Crippen molar-refractivity contribution >= 4 is 17.3 Å². The van der Waals surface area contributed by atoms with E-state index < -0.39 is 0 Å². The molecule has 0 aliphatic carbocycles. The highest BCUT2D eigenvalue weighted by atomic mass is 16.1. The van der Waals surface area contributed by atoms with Gasteiger partial charge in [-0.05, 0) is 48.2 Å². The van der Waals surface area contributed by atoms with Crippen LogP contribution in [0.4, 0.5) is 11.4 Å². The topological polar surface area (TPSA) is 32.3 Å². The fourth-order valence-electron chi connectivity index (χ4n) is 3.55. The number of para-hydroxylation sites is 2. The Morgan fingerprint density at radius 3 is 2.42 bits per heavy atom. The molecule has 3 heteroatoms. The van der Waals surface area contributed by atoms with Gasteiger partial charge in [0, 0.05) is 24.5 Å². The summed E-state index contributed by atoms with van der Waals surface area (Å²) in [7, 11) is 0. The smallest absolute Gasteiger partial charge is 0.257 e. The first-order valence-electron chi connectivity index (χ1n) is 9.00. The molecule has 0 atom stereocenters. The highest BCUT2D eigenvalue weighted by molar-refractivity contribution is 6.08.